The molecule has 0 saturated heterocycles. The second kappa shape index (κ2) is 4.28. The van der Waals surface area contributed by atoms with Crippen LogP contribution in [-0.2, 0) is 0 Å². The fourth-order valence-corrected chi connectivity index (χ4v) is 1.34. The van der Waals surface area contributed by atoms with Crippen LogP contribution in [0.25, 0.3) is 0 Å². The first-order valence-electron chi connectivity index (χ1n) is 3.98. The Bertz CT molecular complexity index is 325. The van der Waals surface area contributed by atoms with Gasteiger partial charge in [0.2, 0.25) is 0 Å². The van der Waals surface area contributed by atoms with E-state index in [2.05, 4.69) is 21.2 Å². The summed E-state index contributed by atoms with van der Waals surface area (Å²) in [6, 6.07) is 5.22. The van der Waals surface area contributed by atoms with Crippen molar-refractivity contribution in [3.8, 4) is 0 Å². The maximum absolute atomic E-state index is 11.4. The molecule has 0 atom stereocenters. The van der Waals surface area contributed by atoms with Crippen molar-refractivity contribution in [3.63, 3.8) is 0 Å². The maximum atomic E-state index is 11.4. The number of rotatable bonds is 2. The van der Waals surface area contributed by atoms with E-state index in [0.717, 1.165) is 4.47 Å². The molecular formula is C9H11BrN2O. The summed E-state index contributed by atoms with van der Waals surface area (Å²) in [6.07, 6.45) is 0. The molecule has 0 saturated carbocycles. The number of anilines is 1. The van der Waals surface area contributed by atoms with Crippen LogP contribution in [-0.4, -0.2) is 12.5 Å². The summed E-state index contributed by atoms with van der Waals surface area (Å²) in [4.78, 5) is 11.4. The van der Waals surface area contributed by atoms with E-state index >= 15 is 0 Å². The Labute approximate surface area is 85.4 Å². The molecule has 1 aromatic rings. The molecule has 1 rings (SSSR count). The summed E-state index contributed by atoms with van der Waals surface area (Å²) in [5, 5.41) is 2.69. The standard InChI is InChI=1S/C9H11BrN2O/c1-2-12-9(13)7-5-6(10)3-4-8(7)11/h3-5H,2,11H2,1H3,(H,12,13). The van der Waals surface area contributed by atoms with Gasteiger partial charge in [0.05, 0.1) is 5.56 Å². The Kier molecular flexibility index (Phi) is 3.31. The van der Waals surface area contributed by atoms with Gasteiger partial charge < -0.3 is 11.1 Å². The summed E-state index contributed by atoms with van der Waals surface area (Å²) in [6.45, 7) is 2.47. The van der Waals surface area contributed by atoms with Crippen LogP contribution < -0.4 is 11.1 Å². The molecule has 0 spiro atoms. The molecule has 0 radical (unpaired) electrons. The van der Waals surface area contributed by atoms with Gasteiger partial charge in [0, 0.05) is 16.7 Å². The molecule has 3 N–H and O–H groups in total. The van der Waals surface area contributed by atoms with Crippen molar-refractivity contribution in [2.24, 2.45) is 0 Å². The molecule has 0 fully saturated rings. The lowest BCUT2D eigenvalue weighted by Crippen LogP contribution is -2.23. The molecule has 13 heavy (non-hydrogen) atoms. The first-order valence-corrected chi connectivity index (χ1v) is 4.77. The number of hydrogen-bond acceptors (Lipinski definition) is 2. The Morgan fingerprint density at radius 3 is 2.92 bits per heavy atom. The first-order chi connectivity index (χ1) is 6.15. The Hall–Kier alpha value is -1.03. The van der Waals surface area contributed by atoms with Gasteiger partial charge >= 0.3 is 0 Å². The summed E-state index contributed by atoms with van der Waals surface area (Å²) in [5.41, 5.74) is 6.64. The number of amides is 1. The molecule has 0 heterocycles. The molecule has 1 aromatic carbocycles. The highest BCUT2D eigenvalue weighted by molar-refractivity contribution is 9.10. The van der Waals surface area contributed by atoms with Crippen LogP contribution in [0.2, 0.25) is 0 Å². The van der Waals surface area contributed by atoms with E-state index in [9.17, 15) is 4.79 Å². The SMILES string of the molecule is CCNC(=O)c1cc(Br)ccc1N. The molecule has 0 aliphatic carbocycles. The third kappa shape index (κ3) is 2.45. The molecule has 4 heteroatoms. The summed E-state index contributed by atoms with van der Waals surface area (Å²) in [7, 11) is 0. The number of carbonyl (C=O) groups excluding carboxylic acids is 1. The molecule has 0 aliphatic heterocycles. The van der Waals surface area contributed by atoms with Crippen molar-refractivity contribution >= 4 is 27.5 Å². The molecule has 0 aliphatic rings. The number of nitrogen functional groups attached to an aromatic ring is 1. The minimum atomic E-state index is -0.138. The van der Waals surface area contributed by atoms with Crippen LogP contribution in [0.3, 0.4) is 0 Å². The van der Waals surface area contributed by atoms with E-state index in [4.69, 9.17) is 5.73 Å². The number of benzene rings is 1. The van der Waals surface area contributed by atoms with Crippen molar-refractivity contribution in [2.75, 3.05) is 12.3 Å². The van der Waals surface area contributed by atoms with Crippen molar-refractivity contribution in [3.05, 3.63) is 28.2 Å². The lowest BCUT2D eigenvalue weighted by atomic mass is 10.2. The number of nitrogens with one attached hydrogen (secondary N) is 1. The highest BCUT2D eigenvalue weighted by Gasteiger charge is 2.08. The van der Waals surface area contributed by atoms with Gasteiger partial charge in [-0.05, 0) is 25.1 Å². The zero-order chi connectivity index (χ0) is 9.84. The zero-order valence-corrected chi connectivity index (χ0v) is 8.89. The summed E-state index contributed by atoms with van der Waals surface area (Å²) >= 11 is 3.28. The minimum Gasteiger partial charge on any atom is -0.398 e. The summed E-state index contributed by atoms with van der Waals surface area (Å²) < 4.78 is 0.850. The van der Waals surface area contributed by atoms with Gasteiger partial charge in [-0.1, -0.05) is 15.9 Å². The molecule has 0 unspecified atom stereocenters. The van der Waals surface area contributed by atoms with E-state index in [1.807, 2.05) is 6.92 Å². The Balaban J connectivity index is 2.99. The van der Waals surface area contributed by atoms with Crippen molar-refractivity contribution in [1.82, 2.24) is 5.32 Å². The van der Waals surface area contributed by atoms with Gasteiger partial charge in [-0.15, -0.1) is 0 Å². The highest BCUT2D eigenvalue weighted by atomic mass is 79.9. The molecule has 0 bridgehead atoms. The number of halogens is 1. The van der Waals surface area contributed by atoms with E-state index in [-0.39, 0.29) is 5.91 Å². The minimum absolute atomic E-state index is 0.138. The Morgan fingerprint density at radius 2 is 2.31 bits per heavy atom. The van der Waals surface area contributed by atoms with E-state index in [1.54, 1.807) is 18.2 Å². The van der Waals surface area contributed by atoms with Crippen molar-refractivity contribution in [2.45, 2.75) is 6.92 Å². The number of carbonyl (C=O) groups is 1. The average Bonchev–Trinajstić information content (AvgIpc) is 2.09. The summed E-state index contributed by atoms with van der Waals surface area (Å²) in [5.74, 6) is -0.138. The van der Waals surface area contributed by atoms with Crippen LogP contribution >= 0.6 is 15.9 Å². The van der Waals surface area contributed by atoms with Crippen LogP contribution in [0.4, 0.5) is 5.69 Å². The van der Waals surface area contributed by atoms with Gasteiger partial charge in [-0.3, -0.25) is 4.79 Å². The van der Waals surface area contributed by atoms with Crippen LogP contribution in [0.5, 0.6) is 0 Å². The molecule has 1 amide bonds. The van der Waals surface area contributed by atoms with Gasteiger partial charge in [-0.25, -0.2) is 0 Å². The van der Waals surface area contributed by atoms with Gasteiger partial charge in [-0.2, -0.15) is 0 Å². The smallest absolute Gasteiger partial charge is 0.253 e. The highest BCUT2D eigenvalue weighted by Crippen LogP contribution is 2.17. The molecule has 0 aromatic heterocycles. The average molecular weight is 243 g/mol. The second-order valence-electron chi connectivity index (χ2n) is 2.59. The lowest BCUT2D eigenvalue weighted by molar-refractivity contribution is 0.0956. The number of nitrogens with two attached hydrogens (primary N) is 1. The third-order valence-electron chi connectivity index (χ3n) is 1.60. The van der Waals surface area contributed by atoms with E-state index in [0.29, 0.717) is 17.8 Å². The quantitative estimate of drug-likeness (QED) is 0.778. The van der Waals surface area contributed by atoms with E-state index in [1.165, 1.54) is 0 Å². The van der Waals surface area contributed by atoms with Crippen LogP contribution in [0.1, 0.15) is 17.3 Å². The third-order valence-corrected chi connectivity index (χ3v) is 2.09. The predicted molar refractivity (Wildman–Crippen MR) is 56.6 cm³/mol. The van der Waals surface area contributed by atoms with Crippen LogP contribution in [0.15, 0.2) is 22.7 Å². The number of hydrogen-bond donors (Lipinski definition) is 2. The topological polar surface area (TPSA) is 55.1 Å². The zero-order valence-electron chi connectivity index (χ0n) is 7.30. The first kappa shape index (κ1) is 10.1. The van der Waals surface area contributed by atoms with Gasteiger partial charge in [0.25, 0.3) is 5.91 Å². The van der Waals surface area contributed by atoms with Crippen LogP contribution in [0, 0.1) is 0 Å². The molecular weight excluding hydrogens is 232 g/mol. The van der Waals surface area contributed by atoms with Gasteiger partial charge in [0.1, 0.15) is 0 Å². The van der Waals surface area contributed by atoms with Gasteiger partial charge in [0.15, 0.2) is 0 Å². The predicted octanol–water partition coefficient (Wildman–Crippen LogP) is 1.78. The lowest BCUT2D eigenvalue weighted by Gasteiger charge is -2.05. The fourth-order valence-electron chi connectivity index (χ4n) is 0.981. The Morgan fingerprint density at radius 1 is 1.62 bits per heavy atom. The van der Waals surface area contributed by atoms with E-state index < -0.39 is 0 Å². The fraction of sp³-hybridized carbons (Fsp3) is 0.222. The normalized spacial score (nSPS) is 9.69. The van der Waals surface area contributed by atoms with Crippen molar-refractivity contribution < 1.29 is 4.79 Å². The molecule has 3 nitrogen and oxygen atoms in total. The monoisotopic (exact) mass is 242 g/mol. The largest absolute Gasteiger partial charge is 0.398 e. The maximum Gasteiger partial charge on any atom is 0.253 e. The molecule has 70 valence electrons. The van der Waals surface area contributed by atoms with Crippen molar-refractivity contribution in [1.29, 1.82) is 0 Å². The second-order valence-corrected chi connectivity index (χ2v) is 3.51.